The summed E-state index contributed by atoms with van der Waals surface area (Å²) in [5.41, 5.74) is 1.71. The summed E-state index contributed by atoms with van der Waals surface area (Å²) in [4.78, 5) is 16.2. The van der Waals surface area contributed by atoms with Crippen LogP contribution in [0.2, 0.25) is 0 Å². The highest BCUT2D eigenvalue weighted by atomic mass is 127. The van der Waals surface area contributed by atoms with Gasteiger partial charge in [-0.1, -0.05) is 30.3 Å². The molecule has 1 aliphatic rings. The van der Waals surface area contributed by atoms with Gasteiger partial charge in [0.2, 0.25) is 5.91 Å². The molecule has 7 heteroatoms. The van der Waals surface area contributed by atoms with Gasteiger partial charge in [0.25, 0.3) is 0 Å². The zero-order valence-electron chi connectivity index (χ0n) is 15.2. The average molecular weight is 482 g/mol. The van der Waals surface area contributed by atoms with E-state index in [0.717, 1.165) is 24.1 Å². The predicted molar refractivity (Wildman–Crippen MR) is 117 cm³/mol. The third-order valence-electron chi connectivity index (χ3n) is 4.58. The second-order valence-corrected chi connectivity index (χ2v) is 6.48. The molecular weight excluding hydrogens is 458 g/mol. The maximum absolute atomic E-state index is 13.5. The Morgan fingerprint density at radius 3 is 2.48 bits per heavy atom. The lowest BCUT2D eigenvalue weighted by molar-refractivity contribution is -0.115. The lowest BCUT2D eigenvalue weighted by Crippen LogP contribution is -2.44. The van der Waals surface area contributed by atoms with E-state index in [1.54, 1.807) is 19.2 Å². The number of amides is 1. The number of para-hydroxylation sites is 1. The highest BCUT2D eigenvalue weighted by molar-refractivity contribution is 14.0. The Morgan fingerprint density at radius 1 is 1.11 bits per heavy atom. The number of nitrogens with one attached hydrogen (secondary N) is 3. The third-order valence-corrected chi connectivity index (χ3v) is 4.58. The van der Waals surface area contributed by atoms with Crippen LogP contribution in [0, 0.1) is 5.82 Å². The first kappa shape index (κ1) is 21.1. The van der Waals surface area contributed by atoms with E-state index in [1.807, 2.05) is 36.4 Å². The summed E-state index contributed by atoms with van der Waals surface area (Å²) < 4.78 is 13.5. The molecule has 1 aliphatic carbocycles. The number of rotatable bonds is 6. The van der Waals surface area contributed by atoms with Crippen molar-refractivity contribution in [2.45, 2.75) is 18.3 Å². The molecule has 144 valence electrons. The molecule has 0 saturated heterocycles. The maximum atomic E-state index is 13.5. The molecule has 0 aromatic heterocycles. The van der Waals surface area contributed by atoms with Gasteiger partial charge in [0.15, 0.2) is 5.96 Å². The van der Waals surface area contributed by atoms with E-state index in [0.29, 0.717) is 12.5 Å². The van der Waals surface area contributed by atoms with Crippen LogP contribution in [0.3, 0.4) is 0 Å². The smallest absolute Gasteiger partial charge is 0.243 e. The molecule has 2 aromatic rings. The Bertz CT molecular complexity index is 794. The van der Waals surface area contributed by atoms with Crippen LogP contribution in [0.25, 0.3) is 0 Å². The Morgan fingerprint density at radius 2 is 1.85 bits per heavy atom. The molecule has 1 fully saturated rings. The van der Waals surface area contributed by atoms with Crippen LogP contribution in [0.15, 0.2) is 59.6 Å². The minimum Gasteiger partial charge on any atom is -0.356 e. The van der Waals surface area contributed by atoms with Crippen molar-refractivity contribution >= 4 is 41.5 Å². The van der Waals surface area contributed by atoms with Crippen LogP contribution in [-0.2, 0) is 10.2 Å². The Labute approximate surface area is 175 Å². The standard InChI is InChI=1S/C20H23FN4O.HI/c1-22-19(23-13-18(26)25-17-8-3-2-4-9-17)24-14-20(10-11-20)15-6-5-7-16(21)12-15;/h2-9,12H,10-11,13-14H2,1H3,(H,25,26)(H2,22,23,24);1H. The molecule has 0 atom stereocenters. The Balaban J connectivity index is 0.00000261. The van der Waals surface area contributed by atoms with Crippen LogP contribution in [0.5, 0.6) is 0 Å². The molecule has 1 amide bonds. The van der Waals surface area contributed by atoms with Crippen LogP contribution in [0.4, 0.5) is 10.1 Å². The van der Waals surface area contributed by atoms with Gasteiger partial charge in [0.1, 0.15) is 5.82 Å². The zero-order chi connectivity index (χ0) is 18.4. The second-order valence-electron chi connectivity index (χ2n) is 6.48. The van der Waals surface area contributed by atoms with Crippen molar-refractivity contribution in [3.05, 3.63) is 66.0 Å². The summed E-state index contributed by atoms with van der Waals surface area (Å²) in [6.07, 6.45) is 2.02. The largest absolute Gasteiger partial charge is 0.356 e. The first-order chi connectivity index (χ1) is 12.6. The fraction of sp³-hybridized carbons (Fsp3) is 0.300. The molecule has 0 bridgehead atoms. The van der Waals surface area contributed by atoms with E-state index in [4.69, 9.17) is 0 Å². The Hall–Kier alpha value is -2.16. The normalized spacial score (nSPS) is 14.7. The lowest BCUT2D eigenvalue weighted by atomic mass is 9.96. The number of nitrogens with zero attached hydrogens (tertiary/aromatic N) is 1. The highest BCUT2D eigenvalue weighted by Gasteiger charge is 2.44. The lowest BCUT2D eigenvalue weighted by Gasteiger charge is -2.19. The molecule has 3 N–H and O–H groups in total. The van der Waals surface area contributed by atoms with Gasteiger partial charge in [-0.25, -0.2) is 4.39 Å². The number of aliphatic imine (C=N–C) groups is 1. The van der Waals surface area contributed by atoms with E-state index in [1.165, 1.54) is 6.07 Å². The number of carbonyl (C=O) groups is 1. The molecule has 0 spiro atoms. The number of hydrogen-bond acceptors (Lipinski definition) is 2. The van der Waals surface area contributed by atoms with Gasteiger partial charge < -0.3 is 16.0 Å². The predicted octanol–water partition coefficient (Wildman–Crippen LogP) is 3.28. The Kier molecular flexibility index (Phi) is 7.58. The first-order valence-electron chi connectivity index (χ1n) is 8.67. The number of benzene rings is 2. The molecule has 27 heavy (non-hydrogen) atoms. The van der Waals surface area contributed by atoms with Gasteiger partial charge in [-0.3, -0.25) is 9.79 Å². The van der Waals surface area contributed by atoms with Crippen molar-refractivity contribution in [1.29, 1.82) is 0 Å². The zero-order valence-corrected chi connectivity index (χ0v) is 17.5. The van der Waals surface area contributed by atoms with E-state index < -0.39 is 0 Å². The van der Waals surface area contributed by atoms with E-state index in [-0.39, 0.29) is 47.7 Å². The van der Waals surface area contributed by atoms with Gasteiger partial charge in [0, 0.05) is 24.7 Å². The fourth-order valence-electron chi connectivity index (χ4n) is 2.90. The van der Waals surface area contributed by atoms with Gasteiger partial charge in [-0.15, -0.1) is 24.0 Å². The summed E-state index contributed by atoms with van der Waals surface area (Å²) in [6.45, 7) is 0.762. The van der Waals surface area contributed by atoms with E-state index >= 15 is 0 Å². The minimum absolute atomic E-state index is 0. The van der Waals surface area contributed by atoms with Crippen LogP contribution >= 0.6 is 24.0 Å². The van der Waals surface area contributed by atoms with Crippen molar-refractivity contribution in [2.75, 3.05) is 25.5 Å². The molecular formula is C20H24FIN4O. The van der Waals surface area contributed by atoms with E-state index in [2.05, 4.69) is 20.9 Å². The number of hydrogen-bond donors (Lipinski definition) is 3. The van der Waals surface area contributed by atoms with Crippen molar-refractivity contribution < 1.29 is 9.18 Å². The first-order valence-corrected chi connectivity index (χ1v) is 8.67. The quantitative estimate of drug-likeness (QED) is 0.337. The number of halogens is 2. The van der Waals surface area contributed by atoms with Crippen molar-refractivity contribution in [3.63, 3.8) is 0 Å². The highest BCUT2D eigenvalue weighted by Crippen LogP contribution is 2.47. The summed E-state index contributed by atoms with van der Waals surface area (Å²) in [6, 6.07) is 16.0. The topological polar surface area (TPSA) is 65.5 Å². The molecule has 1 saturated carbocycles. The van der Waals surface area contributed by atoms with Crippen molar-refractivity contribution in [3.8, 4) is 0 Å². The average Bonchev–Trinajstić information content (AvgIpc) is 3.44. The number of guanidine groups is 1. The molecule has 0 unspecified atom stereocenters. The molecule has 5 nitrogen and oxygen atoms in total. The molecule has 0 heterocycles. The number of carbonyl (C=O) groups excluding carboxylic acids is 1. The SMILES string of the molecule is CN=C(NCC(=O)Nc1ccccc1)NCC1(c2cccc(F)c2)CC1.I. The number of anilines is 1. The molecule has 3 rings (SSSR count). The van der Waals surface area contributed by atoms with Gasteiger partial charge >= 0.3 is 0 Å². The van der Waals surface area contributed by atoms with Crippen LogP contribution in [-0.4, -0.2) is 32.0 Å². The van der Waals surface area contributed by atoms with Crippen molar-refractivity contribution in [1.82, 2.24) is 10.6 Å². The van der Waals surface area contributed by atoms with Gasteiger partial charge in [0.05, 0.1) is 6.54 Å². The van der Waals surface area contributed by atoms with Crippen LogP contribution in [0.1, 0.15) is 18.4 Å². The van der Waals surface area contributed by atoms with Crippen molar-refractivity contribution in [2.24, 2.45) is 4.99 Å². The fourth-order valence-corrected chi connectivity index (χ4v) is 2.90. The molecule has 0 radical (unpaired) electrons. The second kappa shape index (κ2) is 9.68. The van der Waals surface area contributed by atoms with Gasteiger partial charge in [-0.2, -0.15) is 0 Å². The molecule has 0 aliphatic heterocycles. The summed E-state index contributed by atoms with van der Waals surface area (Å²) in [7, 11) is 1.66. The summed E-state index contributed by atoms with van der Waals surface area (Å²) in [5, 5.41) is 9.06. The summed E-state index contributed by atoms with van der Waals surface area (Å²) in [5.74, 6) is 0.190. The summed E-state index contributed by atoms with van der Waals surface area (Å²) >= 11 is 0. The van der Waals surface area contributed by atoms with Crippen LogP contribution < -0.4 is 16.0 Å². The molecule has 2 aromatic carbocycles. The van der Waals surface area contributed by atoms with Gasteiger partial charge in [-0.05, 0) is 42.7 Å². The van der Waals surface area contributed by atoms with E-state index in [9.17, 15) is 9.18 Å². The third kappa shape index (κ3) is 5.92. The minimum atomic E-state index is -0.214. The maximum Gasteiger partial charge on any atom is 0.243 e. The monoisotopic (exact) mass is 482 g/mol.